The Kier molecular flexibility index (Phi) is 5.84. The summed E-state index contributed by atoms with van der Waals surface area (Å²) in [5.41, 5.74) is 1.03. The summed E-state index contributed by atoms with van der Waals surface area (Å²) < 4.78 is 11.1. The monoisotopic (exact) mass is 306 g/mol. The number of halogens is 1. The fourth-order valence-electron chi connectivity index (χ4n) is 1.79. The van der Waals surface area contributed by atoms with E-state index in [2.05, 4.69) is 17.2 Å². The highest BCUT2D eigenvalue weighted by molar-refractivity contribution is 6.31. The number of nitrogens with zero attached hydrogens (tertiary/aromatic N) is 1. The van der Waals surface area contributed by atoms with Gasteiger partial charge in [-0.1, -0.05) is 18.5 Å². The molecule has 0 aliphatic rings. The molecule has 0 aliphatic heterocycles. The minimum Gasteiger partial charge on any atom is -0.494 e. The predicted molar refractivity (Wildman–Crippen MR) is 84.3 cm³/mol. The van der Waals surface area contributed by atoms with Crippen LogP contribution in [0.5, 0.6) is 17.4 Å². The van der Waals surface area contributed by atoms with Gasteiger partial charge in [-0.2, -0.15) is 0 Å². The summed E-state index contributed by atoms with van der Waals surface area (Å²) >= 11 is 6.20. The third kappa shape index (κ3) is 4.62. The molecule has 0 radical (unpaired) electrons. The fourth-order valence-corrected chi connectivity index (χ4v) is 2.02. The zero-order valence-corrected chi connectivity index (χ0v) is 13.0. The van der Waals surface area contributed by atoms with Crippen LogP contribution in [0.1, 0.15) is 19.4 Å². The minimum absolute atomic E-state index is 0.404. The van der Waals surface area contributed by atoms with Gasteiger partial charge < -0.3 is 14.8 Å². The van der Waals surface area contributed by atoms with Gasteiger partial charge in [0.15, 0.2) is 0 Å². The molecule has 0 unspecified atom stereocenters. The van der Waals surface area contributed by atoms with Crippen LogP contribution in [0.2, 0.25) is 5.02 Å². The molecule has 5 heteroatoms. The number of benzene rings is 1. The van der Waals surface area contributed by atoms with E-state index in [1.165, 1.54) is 0 Å². The van der Waals surface area contributed by atoms with Gasteiger partial charge >= 0.3 is 0 Å². The number of hydrogen-bond donors (Lipinski definition) is 1. The van der Waals surface area contributed by atoms with E-state index in [9.17, 15) is 0 Å². The molecule has 1 aromatic carbocycles. The maximum atomic E-state index is 6.20. The molecule has 0 saturated carbocycles. The molecule has 2 aromatic rings. The number of aromatic nitrogens is 1. The Balaban J connectivity index is 2.05. The average molecular weight is 307 g/mol. The Labute approximate surface area is 130 Å². The van der Waals surface area contributed by atoms with Gasteiger partial charge in [0.25, 0.3) is 0 Å². The van der Waals surface area contributed by atoms with Gasteiger partial charge in [-0.05, 0) is 49.4 Å². The Morgan fingerprint density at radius 2 is 1.86 bits per heavy atom. The number of hydrogen-bond acceptors (Lipinski definition) is 4. The van der Waals surface area contributed by atoms with E-state index in [4.69, 9.17) is 21.1 Å². The Hall–Kier alpha value is -1.78. The Morgan fingerprint density at radius 1 is 1.14 bits per heavy atom. The summed E-state index contributed by atoms with van der Waals surface area (Å²) in [5, 5.41) is 3.73. The van der Waals surface area contributed by atoms with Crippen LogP contribution < -0.4 is 14.8 Å². The standard InChI is InChI=1S/C16H19ClN2O2/c1-3-18-10-12-9-15(17)16(19-11-12)21-14-7-5-13(6-8-14)20-4-2/h5-9,11,18H,3-4,10H2,1-2H3. The second kappa shape index (κ2) is 7.86. The summed E-state index contributed by atoms with van der Waals surface area (Å²) in [5.74, 6) is 1.89. The van der Waals surface area contributed by atoms with Gasteiger partial charge in [0, 0.05) is 12.7 Å². The molecule has 0 amide bonds. The molecule has 0 atom stereocenters. The second-order valence-electron chi connectivity index (χ2n) is 4.42. The van der Waals surface area contributed by atoms with E-state index in [1.807, 2.05) is 37.3 Å². The SMILES string of the molecule is CCNCc1cnc(Oc2ccc(OCC)cc2)c(Cl)c1. The summed E-state index contributed by atoms with van der Waals surface area (Å²) in [6, 6.07) is 9.23. The average Bonchev–Trinajstić information content (AvgIpc) is 2.50. The lowest BCUT2D eigenvalue weighted by molar-refractivity contribution is 0.339. The maximum absolute atomic E-state index is 6.20. The van der Waals surface area contributed by atoms with Crippen LogP contribution in [0.25, 0.3) is 0 Å². The zero-order valence-electron chi connectivity index (χ0n) is 12.2. The summed E-state index contributed by atoms with van der Waals surface area (Å²) in [7, 11) is 0. The first-order chi connectivity index (χ1) is 10.2. The topological polar surface area (TPSA) is 43.4 Å². The largest absolute Gasteiger partial charge is 0.494 e. The lowest BCUT2D eigenvalue weighted by Gasteiger charge is -2.09. The van der Waals surface area contributed by atoms with Crippen molar-refractivity contribution in [2.24, 2.45) is 0 Å². The fraction of sp³-hybridized carbons (Fsp3) is 0.312. The summed E-state index contributed by atoms with van der Waals surface area (Å²) in [4.78, 5) is 4.26. The van der Waals surface area contributed by atoms with Crippen molar-refractivity contribution in [1.82, 2.24) is 10.3 Å². The van der Waals surface area contributed by atoms with Crippen LogP contribution in [-0.4, -0.2) is 18.1 Å². The molecule has 1 heterocycles. The summed E-state index contributed by atoms with van der Waals surface area (Å²) in [6.07, 6.45) is 1.76. The lowest BCUT2D eigenvalue weighted by Crippen LogP contribution is -2.11. The second-order valence-corrected chi connectivity index (χ2v) is 4.82. The van der Waals surface area contributed by atoms with Crippen molar-refractivity contribution < 1.29 is 9.47 Å². The van der Waals surface area contributed by atoms with E-state index in [-0.39, 0.29) is 0 Å². The van der Waals surface area contributed by atoms with Crippen LogP contribution in [0, 0.1) is 0 Å². The quantitative estimate of drug-likeness (QED) is 0.838. The molecule has 0 bridgehead atoms. The number of ether oxygens (including phenoxy) is 2. The number of rotatable bonds is 7. The van der Waals surface area contributed by atoms with E-state index >= 15 is 0 Å². The highest BCUT2D eigenvalue weighted by Crippen LogP contribution is 2.28. The molecular formula is C16H19ClN2O2. The number of nitrogens with one attached hydrogen (secondary N) is 1. The van der Waals surface area contributed by atoms with Crippen LogP contribution in [-0.2, 0) is 6.54 Å². The third-order valence-electron chi connectivity index (χ3n) is 2.79. The molecule has 0 saturated heterocycles. The van der Waals surface area contributed by atoms with Crippen molar-refractivity contribution in [2.75, 3.05) is 13.2 Å². The van der Waals surface area contributed by atoms with Crippen molar-refractivity contribution >= 4 is 11.6 Å². The lowest BCUT2D eigenvalue weighted by atomic mass is 10.3. The van der Waals surface area contributed by atoms with Gasteiger partial charge in [-0.15, -0.1) is 0 Å². The number of pyridine rings is 1. The Bertz CT molecular complexity index is 573. The molecule has 0 fully saturated rings. The first-order valence-corrected chi connectivity index (χ1v) is 7.36. The van der Waals surface area contributed by atoms with Gasteiger partial charge in [0.2, 0.25) is 5.88 Å². The van der Waals surface area contributed by atoms with Crippen molar-refractivity contribution in [3.05, 3.63) is 47.1 Å². The smallest absolute Gasteiger partial charge is 0.238 e. The molecule has 21 heavy (non-hydrogen) atoms. The highest BCUT2D eigenvalue weighted by atomic mass is 35.5. The molecule has 0 aliphatic carbocycles. The minimum atomic E-state index is 0.404. The van der Waals surface area contributed by atoms with Gasteiger partial charge in [-0.25, -0.2) is 4.98 Å². The van der Waals surface area contributed by atoms with Crippen molar-refractivity contribution in [3.8, 4) is 17.4 Å². The van der Waals surface area contributed by atoms with Gasteiger partial charge in [0.05, 0.1) is 6.61 Å². The van der Waals surface area contributed by atoms with Crippen molar-refractivity contribution in [1.29, 1.82) is 0 Å². The van der Waals surface area contributed by atoms with E-state index in [1.54, 1.807) is 6.20 Å². The molecule has 0 spiro atoms. The third-order valence-corrected chi connectivity index (χ3v) is 3.06. The van der Waals surface area contributed by atoms with Crippen LogP contribution in [0.4, 0.5) is 0 Å². The first-order valence-electron chi connectivity index (χ1n) is 6.98. The molecule has 112 valence electrons. The highest BCUT2D eigenvalue weighted by Gasteiger charge is 2.06. The van der Waals surface area contributed by atoms with E-state index in [0.717, 1.165) is 24.4 Å². The molecule has 4 nitrogen and oxygen atoms in total. The van der Waals surface area contributed by atoms with Crippen molar-refractivity contribution in [3.63, 3.8) is 0 Å². The predicted octanol–water partition coefficient (Wildman–Crippen LogP) is 4.04. The normalized spacial score (nSPS) is 10.4. The summed E-state index contributed by atoms with van der Waals surface area (Å²) in [6.45, 7) is 6.29. The Morgan fingerprint density at radius 3 is 2.48 bits per heavy atom. The molecular weight excluding hydrogens is 288 g/mol. The molecule has 1 N–H and O–H groups in total. The molecule has 2 rings (SSSR count). The van der Waals surface area contributed by atoms with Gasteiger partial charge in [0.1, 0.15) is 16.5 Å². The first kappa shape index (κ1) is 15.6. The van der Waals surface area contributed by atoms with E-state index in [0.29, 0.717) is 23.3 Å². The molecule has 1 aromatic heterocycles. The maximum Gasteiger partial charge on any atom is 0.238 e. The van der Waals surface area contributed by atoms with E-state index < -0.39 is 0 Å². The van der Waals surface area contributed by atoms with Gasteiger partial charge in [-0.3, -0.25) is 0 Å². The van der Waals surface area contributed by atoms with Crippen LogP contribution in [0.3, 0.4) is 0 Å². The van der Waals surface area contributed by atoms with Crippen molar-refractivity contribution in [2.45, 2.75) is 20.4 Å². The zero-order chi connectivity index (χ0) is 15.1. The van der Waals surface area contributed by atoms with Crippen LogP contribution in [0.15, 0.2) is 36.5 Å². The van der Waals surface area contributed by atoms with Crippen LogP contribution >= 0.6 is 11.6 Å².